The number of rotatable bonds is 2. The van der Waals surface area contributed by atoms with E-state index in [1.807, 2.05) is 7.05 Å². The molecule has 0 bridgehead atoms. The van der Waals surface area contributed by atoms with Crippen molar-refractivity contribution in [1.29, 1.82) is 0 Å². The van der Waals surface area contributed by atoms with E-state index in [0.29, 0.717) is 0 Å². The monoisotopic (exact) mass is 106 g/mol. The molecule has 2 nitrogen and oxygen atoms in total. The predicted octanol–water partition coefficient (Wildman–Crippen LogP) is 0.437. The van der Waals surface area contributed by atoms with Gasteiger partial charge in [0, 0.05) is 13.1 Å². The highest BCUT2D eigenvalue weighted by Gasteiger charge is 1.64. The number of nitrogens with one attached hydrogen (secondary N) is 1. The van der Waals surface area contributed by atoms with Crippen molar-refractivity contribution in [2.45, 2.75) is 14.9 Å². The zero-order valence-corrected chi connectivity index (χ0v) is 3.49. The van der Waals surface area contributed by atoms with E-state index in [0.717, 1.165) is 13.1 Å². The van der Waals surface area contributed by atoms with Gasteiger partial charge in [0.15, 0.2) is 0 Å². The minimum Gasteiger partial charge on any atom is -0.329 e. The second-order valence-electron chi connectivity index (χ2n) is 0.892. The molecule has 0 radical (unpaired) electrons. The number of nitrogens with two attached hydrogens (primary N) is 1. The smallest absolute Gasteiger partial charge is 0.00714 e. The second kappa shape index (κ2) is 16.8. The zero-order chi connectivity index (χ0) is 4.12. The molecule has 0 rings (SSSR count). The molecule has 0 heterocycles. The summed E-state index contributed by atoms with van der Waals surface area (Å²) in [5, 5.41) is 2.89. The third kappa shape index (κ3) is 24.7. The lowest BCUT2D eigenvalue weighted by Gasteiger charge is -1.85. The molecule has 3 N–H and O–H groups in total. The van der Waals surface area contributed by atoms with E-state index < -0.39 is 0 Å². The van der Waals surface area contributed by atoms with Crippen LogP contribution >= 0.6 is 0 Å². The van der Waals surface area contributed by atoms with Crippen LogP contribution in [0.4, 0.5) is 0 Å². The number of likely N-dealkylation sites (N-methyl/N-ethyl adjacent to an activating group) is 1. The summed E-state index contributed by atoms with van der Waals surface area (Å²) < 4.78 is 0. The van der Waals surface area contributed by atoms with Gasteiger partial charge in [-0.1, -0.05) is 14.9 Å². The Balaban J connectivity index is -0.0000000800. The molecule has 0 saturated heterocycles. The van der Waals surface area contributed by atoms with Crippen molar-refractivity contribution in [1.82, 2.24) is 5.32 Å². The molecule has 7 heavy (non-hydrogen) atoms. The van der Waals surface area contributed by atoms with Crippen LogP contribution in [0.25, 0.3) is 0 Å². The first-order valence-electron chi connectivity index (χ1n) is 1.76. The highest BCUT2D eigenvalue weighted by molar-refractivity contribution is 4.33. The van der Waals surface area contributed by atoms with Gasteiger partial charge in [-0.3, -0.25) is 0 Å². The van der Waals surface area contributed by atoms with E-state index >= 15 is 0 Å². The first-order chi connectivity index (χ1) is 2.41. The van der Waals surface area contributed by atoms with Gasteiger partial charge in [0.2, 0.25) is 0 Å². The molecule has 0 unspecified atom stereocenters. The van der Waals surface area contributed by atoms with Gasteiger partial charge in [0.1, 0.15) is 0 Å². The van der Waals surface area contributed by atoms with Gasteiger partial charge in [-0.05, 0) is 7.05 Å². The van der Waals surface area contributed by atoms with Crippen molar-refractivity contribution < 1.29 is 0 Å². The summed E-state index contributed by atoms with van der Waals surface area (Å²) in [7, 11) is 1.88. The van der Waals surface area contributed by atoms with Crippen LogP contribution in [0.15, 0.2) is 0 Å². The van der Waals surface area contributed by atoms with E-state index in [9.17, 15) is 0 Å². The number of hydrogen-bond acceptors (Lipinski definition) is 2. The Morgan fingerprint density at radius 1 is 1.43 bits per heavy atom. The van der Waals surface area contributed by atoms with Crippen LogP contribution in [-0.2, 0) is 0 Å². The average Bonchev–Trinajstić information content (AvgIpc) is 1.41. The lowest BCUT2D eigenvalue weighted by atomic mass is 10.7. The first kappa shape index (κ1) is 15.8. The van der Waals surface area contributed by atoms with Gasteiger partial charge < -0.3 is 11.1 Å². The van der Waals surface area contributed by atoms with E-state index in [4.69, 9.17) is 5.73 Å². The van der Waals surface area contributed by atoms with Crippen molar-refractivity contribution in [2.24, 2.45) is 5.73 Å². The summed E-state index contributed by atoms with van der Waals surface area (Å²) in [6.07, 6.45) is 0. The lowest BCUT2D eigenvalue weighted by molar-refractivity contribution is 0.802. The van der Waals surface area contributed by atoms with Crippen LogP contribution in [0.3, 0.4) is 0 Å². The zero-order valence-electron chi connectivity index (χ0n) is 3.49. The van der Waals surface area contributed by atoms with Crippen LogP contribution in [0.2, 0.25) is 0 Å². The van der Waals surface area contributed by atoms with Gasteiger partial charge in [0.05, 0.1) is 0 Å². The van der Waals surface area contributed by atoms with Crippen molar-refractivity contribution in [2.75, 3.05) is 20.1 Å². The van der Waals surface area contributed by atoms with Crippen LogP contribution < -0.4 is 11.1 Å². The first-order valence-corrected chi connectivity index (χ1v) is 1.76. The third-order valence-electron chi connectivity index (χ3n) is 0.394. The minimum atomic E-state index is 0. The fraction of sp³-hybridized carbons (Fsp3) is 1.00. The Hall–Kier alpha value is -0.0800. The molecule has 0 fully saturated rings. The quantitative estimate of drug-likeness (QED) is 0.536. The van der Waals surface area contributed by atoms with Gasteiger partial charge in [-0.15, -0.1) is 0 Å². The Bertz CT molecular complexity index is 13.6. The average molecular weight is 106 g/mol. The molecule has 48 valence electrons. The molecule has 0 amide bonds. The maximum atomic E-state index is 5.08. The van der Waals surface area contributed by atoms with Crippen molar-refractivity contribution >= 4 is 0 Å². The molecule has 0 spiro atoms. The Labute approximate surface area is 47.1 Å². The molecule has 2 heteroatoms. The maximum absolute atomic E-state index is 5.08. The third-order valence-corrected chi connectivity index (χ3v) is 0.394. The van der Waals surface area contributed by atoms with Crippen LogP contribution in [0.5, 0.6) is 0 Å². The topological polar surface area (TPSA) is 38.0 Å². The summed E-state index contributed by atoms with van der Waals surface area (Å²) in [4.78, 5) is 0. The van der Waals surface area contributed by atoms with Crippen molar-refractivity contribution in [3.8, 4) is 0 Å². The number of hydrogen-bond donors (Lipinski definition) is 2. The molecule has 0 saturated carbocycles. The Morgan fingerprint density at radius 2 is 1.86 bits per heavy atom. The molecule has 0 aromatic carbocycles. The van der Waals surface area contributed by atoms with E-state index in [2.05, 4.69) is 5.32 Å². The highest BCUT2D eigenvalue weighted by atomic mass is 14.8. The summed E-state index contributed by atoms with van der Waals surface area (Å²) >= 11 is 0. The summed E-state index contributed by atoms with van der Waals surface area (Å²) in [5.74, 6) is 0. The standard InChI is InChI=1S/C3H10N2.2CH4/c1-5-3-2-4;;/h5H,2-4H2,1H3;2*1H4. The minimum absolute atomic E-state index is 0. The second-order valence-corrected chi connectivity index (χ2v) is 0.892. The molecule has 0 aliphatic carbocycles. The lowest BCUT2D eigenvalue weighted by Crippen LogP contribution is -2.17. The maximum Gasteiger partial charge on any atom is 0.00714 e. The fourth-order valence-electron chi connectivity index (χ4n) is 0.144. The summed E-state index contributed by atoms with van der Waals surface area (Å²) in [6, 6.07) is 0. The molecule has 0 aromatic heterocycles. The van der Waals surface area contributed by atoms with Crippen molar-refractivity contribution in [3.05, 3.63) is 0 Å². The molecular weight excluding hydrogens is 88.1 g/mol. The van der Waals surface area contributed by atoms with Gasteiger partial charge in [-0.25, -0.2) is 0 Å². The van der Waals surface area contributed by atoms with Crippen LogP contribution in [-0.4, -0.2) is 20.1 Å². The van der Waals surface area contributed by atoms with E-state index in [1.165, 1.54) is 0 Å². The highest BCUT2D eigenvalue weighted by Crippen LogP contribution is 1.37. The van der Waals surface area contributed by atoms with Crippen LogP contribution in [0.1, 0.15) is 14.9 Å². The summed E-state index contributed by atoms with van der Waals surface area (Å²) in [5.41, 5.74) is 5.08. The van der Waals surface area contributed by atoms with E-state index in [1.54, 1.807) is 0 Å². The Kier molecular flexibility index (Phi) is 37.9. The van der Waals surface area contributed by atoms with Gasteiger partial charge >= 0.3 is 0 Å². The molecule has 0 atom stereocenters. The van der Waals surface area contributed by atoms with Gasteiger partial charge in [0.25, 0.3) is 0 Å². The molecule has 0 aliphatic heterocycles. The summed E-state index contributed by atoms with van der Waals surface area (Å²) in [6.45, 7) is 1.65. The largest absolute Gasteiger partial charge is 0.329 e. The fourth-order valence-corrected chi connectivity index (χ4v) is 0.144. The normalized spacial score (nSPS) is 6.00. The Morgan fingerprint density at radius 3 is 1.86 bits per heavy atom. The molecule has 0 aromatic rings. The predicted molar refractivity (Wildman–Crippen MR) is 36.4 cm³/mol. The van der Waals surface area contributed by atoms with Crippen molar-refractivity contribution in [3.63, 3.8) is 0 Å². The van der Waals surface area contributed by atoms with E-state index in [-0.39, 0.29) is 14.9 Å². The SMILES string of the molecule is C.C.CNCCN. The molecular formula is C5H18N2. The molecule has 0 aliphatic rings. The van der Waals surface area contributed by atoms with Gasteiger partial charge in [-0.2, -0.15) is 0 Å². The van der Waals surface area contributed by atoms with Crippen LogP contribution in [0, 0.1) is 0 Å².